The number of fused-ring (bicyclic) bond motifs is 1. The number of aryl methyl sites for hydroxylation is 3. The molecule has 0 spiro atoms. The Morgan fingerprint density at radius 1 is 1.12 bits per heavy atom. The van der Waals surface area contributed by atoms with Gasteiger partial charge in [-0.25, -0.2) is 8.42 Å². The van der Waals surface area contributed by atoms with Crippen molar-refractivity contribution in [1.29, 1.82) is 0 Å². The molecule has 26 heavy (non-hydrogen) atoms. The van der Waals surface area contributed by atoms with Crippen molar-refractivity contribution in [2.45, 2.75) is 31.1 Å². The van der Waals surface area contributed by atoms with Gasteiger partial charge in [-0.15, -0.1) is 4.83 Å². The Morgan fingerprint density at radius 2 is 1.85 bits per heavy atom. The van der Waals surface area contributed by atoms with E-state index in [-0.39, 0.29) is 10.6 Å². The highest BCUT2D eigenvalue weighted by Crippen LogP contribution is 2.23. The molecule has 1 aliphatic rings. The third-order valence-corrected chi connectivity index (χ3v) is 5.59. The molecular formula is C17H17N3O5S. The van der Waals surface area contributed by atoms with E-state index in [1.165, 1.54) is 24.6 Å². The van der Waals surface area contributed by atoms with E-state index in [9.17, 15) is 23.3 Å². The van der Waals surface area contributed by atoms with E-state index in [2.05, 4.69) is 5.43 Å². The Balaban J connectivity index is 1.75. The summed E-state index contributed by atoms with van der Waals surface area (Å²) in [5.74, 6) is -0.593. The van der Waals surface area contributed by atoms with E-state index in [4.69, 9.17) is 0 Å². The third kappa shape index (κ3) is 3.58. The minimum absolute atomic E-state index is 0.302. The van der Waals surface area contributed by atoms with Crippen molar-refractivity contribution in [3.63, 3.8) is 0 Å². The van der Waals surface area contributed by atoms with Crippen molar-refractivity contribution in [2.75, 3.05) is 0 Å². The summed E-state index contributed by atoms with van der Waals surface area (Å²) in [7, 11) is -4.13. The average Bonchev–Trinajstić information content (AvgIpc) is 3.07. The van der Waals surface area contributed by atoms with Gasteiger partial charge < -0.3 is 0 Å². The maximum atomic E-state index is 12.3. The van der Waals surface area contributed by atoms with Crippen LogP contribution in [0.2, 0.25) is 0 Å². The van der Waals surface area contributed by atoms with E-state index >= 15 is 0 Å². The highest BCUT2D eigenvalue weighted by Gasteiger charge is 2.21. The van der Waals surface area contributed by atoms with Crippen LogP contribution in [0.15, 0.2) is 41.3 Å². The molecule has 1 amide bonds. The first-order valence-corrected chi connectivity index (χ1v) is 9.45. The van der Waals surface area contributed by atoms with Crippen molar-refractivity contribution < 1.29 is 18.1 Å². The Morgan fingerprint density at radius 3 is 2.58 bits per heavy atom. The largest absolute Gasteiger partial charge is 0.273 e. The highest BCUT2D eigenvalue weighted by atomic mass is 32.2. The zero-order valence-corrected chi connectivity index (χ0v) is 14.8. The summed E-state index contributed by atoms with van der Waals surface area (Å²) in [6.45, 7) is 1.51. The van der Waals surface area contributed by atoms with Crippen LogP contribution in [0.5, 0.6) is 0 Å². The average molecular weight is 375 g/mol. The number of sulfonamides is 1. The van der Waals surface area contributed by atoms with Crippen molar-refractivity contribution in [1.82, 2.24) is 10.3 Å². The third-order valence-electron chi connectivity index (χ3n) is 4.35. The van der Waals surface area contributed by atoms with Gasteiger partial charge in [-0.05, 0) is 55.5 Å². The van der Waals surface area contributed by atoms with Crippen LogP contribution in [0.1, 0.15) is 33.5 Å². The number of nitrogens with one attached hydrogen (secondary N) is 2. The summed E-state index contributed by atoms with van der Waals surface area (Å²) >= 11 is 0. The lowest BCUT2D eigenvalue weighted by Crippen LogP contribution is -2.41. The van der Waals surface area contributed by atoms with Gasteiger partial charge in [0.1, 0.15) is 0 Å². The fraction of sp³-hybridized carbons (Fsp3) is 0.235. The molecule has 8 nitrogen and oxygen atoms in total. The van der Waals surface area contributed by atoms with Gasteiger partial charge in [0.15, 0.2) is 0 Å². The van der Waals surface area contributed by atoms with Crippen LogP contribution in [-0.4, -0.2) is 19.2 Å². The summed E-state index contributed by atoms with van der Waals surface area (Å²) in [5, 5.41) is 11.0. The van der Waals surface area contributed by atoms with Gasteiger partial charge in [-0.2, -0.15) is 0 Å². The van der Waals surface area contributed by atoms with Crippen molar-refractivity contribution >= 4 is 21.6 Å². The predicted molar refractivity (Wildman–Crippen MR) is 94.1 cm³/mol. The Kier molecular flexibility index (Phi) is 4.75. The van der Waals surface area contributed by atoms with Gasteiger partial charge in [-0.1, -0.05) is 12.1 Å². The monoisotopic (exact) mass is 375 g/mol. The minimum Gasteiger partial charge on any atom is -0.273 e. The number of nitro groups is 1. The number of benzene rings is 2. The lowest BCUT2D eigenvalue weighted by molar-refractivity contribution is -0.385. The number of hydrazine groups is 1. The molecule has 2 N–H and O–H groups in total. The van der Waals surface area contributed by atoms with Gasteiger partial charge in [0.05, 0.1) is 9.82 Å². The molecule has 0 radical (unpaired) electrons. The summed E-state index contributed by atoms with van der Waals surface area (Å²) in [6, 6.07) is 8.81. The molecule has 0 saturated heterocycles. The molecule has 2 aromatic carbocycles. The molecule has 3 rings (SSSR count). The molecule has 0 atom stereocenters. The quantitative estimate of drug-likeness (QED) is 0.612. The molecule has 2 aromatic rings. The number of carbonyl (C=O) groups excluding carboxylic acids is 1. The summed E-state index contributed by atoms with van der Waals surface area (Å²) < 4.78 is 24.6. The second-order valence-electron chi connectivity index (χ2n) is 6.10. The number of hydrogen-bond donors (Lipinski definition) is 2. The molecule has 0 saturated carbocycles. The maximum absolute atomic E-state index is 12.3. The van der Waals surface area contributed by atoms with E-state index in [1.54, 1.807) is 12.1 Å². The lowest BCUT2D eigenvalue weighted by atomic mass is 10.1. The van der Waals surface area contributed by atoms with Gasteiger partial charge in [0.2, 0.25) is 0 Å². The smallest absolute Gasteiger partial charge is 0.273 e. The fourth-order valence-electron chi connectivity index (χ4n) is 2.91. The van der Waals surface area contributed by atoms with Crippen LogP contribution in [-0.2, 0) is 22.9 Å². The molecular weight excluding hydrogens is 358 g/mol. The van der Waals surface area contributed by atoms with Crippen molar-refractivity contribution in [2.24, 2.45) is 0 Å². The second kappa shape index (κ2) is 6.85. The molecule has 0 unspecified atom stereocenters. The lowest BCUT2D eigenvalue weighted by Gasteiger charge is -2.10. The highest BCUT2D eigenvalue weighted by molar-refractivity contribution is 7.89. The van der Waals surface area contributed by atoms with Crippen molar-refractivity contribution in [3.8, 4) is 0 Å². The number of nitro benzene ring substituents is 1. The van der Waals surface area contributed by atoms with Crippen LogP contribution < -0.4 is 10.3 Å². The zero-order valence-electron chi connectivity index (χ0n) is 14.0. The number of hydrogen-bond acceptors (Lipinski definition) is 5. The predicted octanol–water partition coefficient (Wildman–Crippen LogP) is 2.02. The van der Waals surface area contributed by atoms with Crippen LogP contribution in [0.25, 0.3) is 0 Å². The number of amides is 1. The topological polar surface area (TPSA) is 118 Å². The SMILES string of the molecule is Cc1ccc(S(=O)(=O)NNC(=O)c2ccc3c(c2)CCC3)cc1[N+](=O)[O-]. The second-order valence-corrected chi connectivity index (χ2v) is 7.78. The summed E-state index contributed by atoms with van der Waals surface area (Å²) in [5.41, 5.74) is 4.83. The summed E-state index contributed by atoms with van der Waals surface area (Å²) in [6.07, 6.45) is 2.92. The first-order valence-electron chi connectivity index (χ1n) is 7.97. The number of carbonyl (C=O) groups is 1. The first kappa shape index (κ1) is 18.0. The molecule has 0 aromatic heterocycles. The maximum Gasteiger partial charge on any atom is 0.273 e. The normalized spacial score (nSPS) is 13.3. The molecule has 0 heterocycles. The van der Waals surface area contributed by atoms with Gasteiger partial charge in [0, 0.05) is 17.2 Å². The molecule has 0 bridgehead atoms. The van der Waals surface area contributed by atoms with E-state index in [1.807, 2.05) is 10.9 Å². The van der Waals surface area contributed by atoms with Gasteiger partial charge in [-0.3, -0.25) is 20.3 Å². The van der Waals surface area contributed by atoms with E-state index < -0.39 is 20.9 Å². The molecule has 1 aliphatic carbocycles. The van der Waals surface area contributed by atoms with Crippen LogP contribution in [0.3, 0.4) is 0 Å². The van der Waals surface area contributed by atoms with Crippen LogP contribution >= 0.6 is 0 Å². The number of nitrogens with zero attached hydrogens (tertiary/aromatic N) is 1. The number of rotatable bonds is 5. The first-order chi connectivity index (χ1) is 12.3. The molecule has 0 aliphatic heterocycles. The van der Waals surface area contributed by atoms with Gasteiger partial charge >= 0.3 is 0 Å². The van der Waals surface area contributed by atoms with E-state index in [0.29, 0.717) is 11.1 Å². The standard InChI is InChI=1S/C17H17N3O5S/c1-11-5-8-15(10-16(11)20(22)23)26(24,25)19-18-17(21)14-7-6-12-3-2-4-13(12)9-14/h5-10,19H,2-4H2,1H3,(H,18,21). The molecule has 0 fully saturated rings. The Labute approximate surface area is 150 Å². The van der Waals surface area contributed by atoms with Crippen LogP contribution in [0, 0.1) is 17.0 Å². The van der Waals surface area contributed by atoms with Gasteiger partial charge in [0.25, 0.3) is 21.6 Å². The Bertz CT molecular complexity index is 1000. The van der Waals surface area contributed by atoms with E-state index in [0.717, 1.165) is 30.9 Å². The minimum atomic E-state index is -4.13. The van der Waals surface area contributed by atoms with Crippen LogP contribution in [0.4, 0.5) is 5.69 Å². The summed E-state index contributed by atoms with van der Waals surface area (Å²) in [4.78, 5) is 24.2. The van der Waals surface area contributed by atoms with Crippen molar-refractivity contribution in [3.05, 3.63) is 68.8 Å². The Hall–Kier alpha value is -2.78. The fourth-order valence-corrected chi connectivity index (χ4v) is 3.77. The zero-order chi connectivity index (χ0) is 18.9. The molecule has 136 valence electrons. The molecule has 9 heteroatoms.